The molecule has 0 radical (unpaired) electrons. The molecule has 3 aromatic heterocycles. The predicted octanol–water partition coefficient (Wildman–Crippen LogP) is 3.27. The van der Waals surface area contributed by atoms with Crippen molar-refractivity contribution < 1.29 is 4.79 Å². The highest BCUT2D eigenvalue weighted by atomic mass is 16.1. The van der Waals surface area contributed by atoms with Gasteiger partial charge in [0, 0.05) is 43.4 Å². The molecular weight excluding hydrogens is 338 g/mol. The molecule has 1 amide bonds. The summed E-state index contributed by atoms with van der Waals surface area (Å²) in [6.07, 6.45) is 6.99. The zero-order valence-electron chi connectivity index (χ0n) is 15.2. The van der Waals surface area contributed by atoms with Gasteiger partial charge < -0.3 is 9.88 Å². The Hall–Kier alpha value is -3.54. The van der Waals surface area contributed by atoms with Crippen LogP contribution in [0.2, 0.25) is 0 Å². The van der Waals surface area contributed by atoms with Gasteiger partial charge in [-0.1, -0.05) is 12.1 Å². The van der Waals surface area contributed by atoms with E-state index >= 15 is 0 Å². The van der Waals surface area contributed by atoms with Crippen molar-refractivity contribution in [2.24, 2.45) is 7.05 Å². The minimum Gasteiger partial charge on any atom is -0.348 e. The Balaban J connectivity index is 1.72. The normalized spacial score (nSPS) is 10.9. The van der Waals surface area contributed by atoms with Crippen LogP contribution in [0, 0.1) is 6.92 Å². The van der Waals surface area contributed by atoms with E-state index in [0.29, 0.717) is 12.1 Å². The van der Waals surface area contributed by atoms with Crippen molar-refractivity contribution in [3.8, 4) is 11.1 Å². The number of benzene rings is 1. The van der Waals surface area contributed by atoms with Crippen LogP contribution in [0.5, 0.6) is 0 Å². The maximum Gasteiger partial charge on any atom is 0.253 e. The van der Waals surface area contributed by atoms with Gasteiger partial charge in [0.25, 0.3) is 5.91 Å². The van der Waals surface area contributed by atoms with E-state index in [0.717, 1.165) is 33.4 Å². The largest absolute Gasteiger partial charge is 0.348 e. The molecule has 134 valence electrons. The molecule has 0 saturated carbocycles. The highest BCUT2D eigenvalue weighted by Crippen LogP contribution is 2.27. The molecule has 1 N–H and O–H groups in total. The molecule has 0 bridgehead atoms. The number of pyridine rings is 2. The number of nitrogens with one attached hydrogen (secondary N) is 1. The van der Waals surface area contributed by atoms with Crippen LogP contribution in [-0.4, -0.2) is 25.4 Å². The Morgan fingerprint density at radius 1 is 1.11 bits per heavy atom. The third kappa shape index (κ3) is 3.42. The smallest absolute Gasteiger partial charge is 0.253 e. The van der Waals surface area contributed by atoms with Crippen LogP contribution in [0.15, 0.2) is 61.3 Å². The minimum atomic E-state index is -0.144. The molecule has 0 aliphatic rings. The van der Waals surface area contributed by atoms with Crippen molar-refractivity contribution in [2.75, 3.05) is 0 Å². The van der Waals surface area contributed by atoms with Crippen molar-refractivity contribution in [1.82, 2.24) is 24.8 Å². The van der Waals surface area contributed by atoms with Gasteiger partial charge in [0.05, 0.1) is 22.9 Å². The summed E-state index contributed by atoms with van der Waals surface area (Å²) < 4.78 is 1.87. The first-order valence-electron chi connectivity index (χ1n) is 8.67. The lowest BCUT2D eigenvalue weighted by molar-refractivity contribution is 0.0952. The van der Waals surface area contributed by atoms with E-state index < -0.39 is 0 Å². The van der Waals surface area contributed by atoms with E-state index in [9.17, 15) is 4.79 Å². The van der Waals surface area contributed by atoms with Gasteiger partial charge >= 0.3 is 0 Å². The number of fused-ring (bicyclic) bond motifs is 1. The topological polar surface area (TPSA) is 72.7 Å². The first-order valence-corrected chi connectivity index (χ1v) is 8.67. The Kier molecular flexibility index (Phi) is 4.38. The standard InChI is InChI=1S/C21H19N5O/c1-14-5-6-16(12-23-14)17-8-18(20-19(9-17)25-13-26(20)2)21(27)24-11-15-4-3-7-22-10-15/h3-10,12-13H,11H2,1-2H3,(H,24,27). The van der Waals surface area contributed by atoms with Gasteiger partial charge in [-0.25, -0.2) is 4.98 Å². The molecular formula is C21H19N5O. The van der Waals surface area contributed by atoms with E-state index in [4.69, 9.17) is 0 Å². The Bertz CT molecular complexity index is 1100. The lowest BCUT2D eigenvalue weighted by Gasteiger charge is -2.10. The number of imidazole rings is 1. The maximum absolute atomic E-state index is 12.9. The van der Waals surface area contributed by atoms with Crippen LogP contribution in [-0.2, 0) is 13.6 Å². The zero-order chi connectivity index (χ0) is 18.8. The van der Waals surface area contributed by atoms with Gasteiger partial charge in [0.15, 0.2) is 0 Å². The molecule has 0 unspecified atom stereocenters. The Morgan fingerprint density at radius 3 is 2.74 bits per heavy atom. The summed E-state index contributed by atoms with van der Waals surface area (Å²) in [6.45, 7) is 2.37. The number of nitrogens with zero attached hydrogens (tertiary/aromatic N) is 4. The van der Waals surface area contributed by atoms with Crippen molar-refractivity contribution in [3.63, 3.8) is 0 Å². The third-order valence-corrected chi connectivity index (χ3v) is 4.48. The molecule has 4 aromatic rings. The summed E-state index contributed by atoms with van der Waals surface area (Å²) in [4.78, 5) is 25.8. The first kappa shape index (κ1) is 16.9. The van der Waals surface area contributed by atoms with E-state index in [1.165, 1.54) is 0 Å². The summed E-state index contributed by atoms with van der Waals surface area (Å²) in [5, 5.41) is 2.98. The van der Waals surface area contributed by atoms with Crippen LogP contribution >= 0.6 is 0 Å². The van der Waals surface area contributed by atoms with Crippen molar-refractivity contribution in [3.05, 3.63) is 78.1 Å². The number of hydrogen-bond donors (Lipinski definition) is 1. The summed E-state index contributed by atoms with van der Waals surface area (Å²) in [7, 11) is 1.89. The lowest BCUT2D eigenvalue weighted by Crippen LogP contribution is -2.23. The van der Waals surface area contributed by atoms with E-state index in [1.807, 2.05) is 61.1 Å². The zero-order valence-corrected chi connectivity index (χ0v) is 15.2. The number of aromatic nitrogens is 4. The number of carbonyl (C=O) groups excluding carboxylic acids is 1. The first-order chi connectivity index (χ1) is 13.1. The quantitative estimate of drug-likeness (QED) is 0.608. The second-order valence-electron chi connectivity index (χ2n) is 6.48. The number of aryl methyl sites for hydroxylation is 2. The Labute approximate surface area is 156 Å². The summed E-state index contributed by atoms with van der Waals surface area (Å²) in [6, 6.07) is 11.6. The van der Waals surface area contributed by atoms with E-state index in [2.05, 4.69) is 20.3 Å². The molecule has 27 heavy (non-hydrogen) atoms. The number of rotatable bonds is 4. The fraction of sp³-hybridized carbons (Fsp3) is 0.143. The molecule has 0 atom stereocenters. The number of hydrogen-bond acceptors (Lipinski definition) is 4. The SMILES string of the molecule is Cc1ccc(-c2cc(C(=O)NCc3cccnc3)c3c(c2)ncn3C)cn1. The summed E-state index contributed by atoms with van der Waals surface area (Å²) >= 11 is 0. The van der Waals surface area contributed by atoms with E-state index in [1.54, 1.807) is 18.7 Å². The van der Waals surface area contributed by atoms with Gasteiger partial charge in [-0.15, -0.1) is 0 Å². The molecule has 6 heteroatoms. The van der Waals surface area contributed by atoms with E-state index in [-0.39, 0.29) is 5.91 Å². The van der Waals surface area contributed by atoms with Gasteiger partial charge in [-0.05, 0) is 42.3 Å². The van der Waals surface area contributed by atoms with Gasteiger partial charge in [-0.3, -0.25) is 14.8 Å². The van der Waals surface area contributed by atoms with Crippen LogP contribution < -0.4 is 5.32 Å². The van der Waals surface area contributed by atoms with Gasteiger partial charge in [-0.2, -0.15) is 0 Å². The molecule has 0 saturated heterocycles. The fourth-order valence-corrected chi connectivity index (χ4v) is 3.05. The van der Waals surface area contributed by atoms with Crippen LogP contribution in [0.25, 0.3) is 22.2 Å². The number of carbonyl (C=O) groups is 1. The minimum absolute atomic E-state index is 0.144. The van der Waals surface area contributed by atoms with Gasteiger partial charge in [0.1, 0.15) is 0 Å². The Morgan fingerprint density at radius 2 is 2.00 bits per heavy atom. The summed E-state index contributed by atoms with van der Waals surface area (Å²) in [5.41, 5.74) is 5.95. The average Bonchev–Trinajstić information content (AvgIpc) is 3.08. The van der Waals surface area contributed by atoms with Crippen molar-refractivity contribution in [2.45, 2.75) is 13.5 Å². The molecule has 0 aliphatic carbocycles. The predicted molar refractivity (Wildman–Crippen MR) is 104 cm³/mol. The molecule has 0 aliphatic heterocycles. The summed E-state index contributed by atoms with van der Waals surface area (Å²) in [5.74, 6) is -0.144. The highest BCUT2D eigenvalue weighted by Gasteiger charge is 2.16. The third-order valence-electron chi connectivity index (χ3n) is 4.48. The maximum atomic E-state index is 12.9. The monoisotopic (exact) mass is 357 g/mol. The van der Waals surface area contributed by atoms with Gasteiger partial charge in [0.2, 0.25) is 0 Å². The molecule has 3 heterocycles. The average molecular weight is 357 g/mol. The van der Waals surface area contributed by atoms with Crippen LogP contribution in [0.1, 0.15) is 21.6 Å². The van der Waals surface area contributed by atoms with Crippen molar-refractivity contribution >= 4 is 16.9 Å². The number of amides is 1. The lowest BCUT2D eigenvalue weighted by atomic mass is 10.0. The highest BCUT2D eigenvalue weighted by molar-refractivity contribution is 6.06. The molecule has 1 aromatic carbocycles. The van der Waals surface area contributed by atoms with Crippen LogP contribution in [0.4, 0.5) is 0 Å². The second kappa shape index (κ2) is 6.99. The molecule has 0 fully saturated rings. The molecule has 4 rings (SSSR count). The van der Waals surface area contributed by atoms with Crippen molar-refractivity contribution in [1.29, 1.82) is 0 Å². The molecule has 6 nitrogen and oxygen atoms in total. The van der Waals surface area contributed by atoms with Crippen LogP contribution in [0.3, 0.4) is 0 Å². The molecule has 0 spiro atoms. The fourth-order valence-electron chi connectivity index (χ4n) is 3.05. The second-order valence-corrected chi connectivity index (χ2v) is 6.48.